The number of esters is 1. The summed E-state index contributed by atoms with van der Waals surface area (Å²) in [5.74, 6) is 9.39. The summed E-state index contributed by atoms with van der Waals surface area (Å²) in [6.07, 6.45) is 19.8. The van der Waals surface area contributed by atoms with Crippen LogP contribution in [0.2, 0.25) is 0 Å². The van der Waals surface area contributed by atoms with E-state index in [9.17, 15) is 9.90 Å². The van der Waals surface area contributed by atoms with E-state index < -0.39 is 5.97 Å². The van der Waals surface area contributed by atoms with Gasteiger partial charge in [0.1, 0.15) is 31.5 Å². The molecule has 0 saturated heterocycles. The highest BCUT2D eigenvalue weighted by atomic mass is 16.6. The van der Waals surface area contributed by atoms with E-state index in [0.717, 1.165) is 42.2 Å². The standard InChI is InChI=1S/C41H50O5.C2H6O.CH4O.CH2O/c1-4-6-7-8-32-11-17-35(18-12-32)36-19-13-33(14-20-36)9-10-34-15-21-37(22-16-34)38-27-39(44-24-23-31(3)30-42)29-40(28-38)45-25-26-46-41(43)5-2;1-2-3;2*1-2/h5,13-15,19-22,27-29,32,34-35,42H,2-4,6-8,11-12,16-18,23-26,30H2,1H3;3H,2H2,1H3;2H,1H3;1H2. The maximum absolute atomic E-state index is 11.3. The van der Waals surface area contributed by atoms with Crippen LogP contribution < -0.4 is 9.47 Å². The van der Waals surface area contributed by atoms with E-state index in [2.05, 4.69) is 74.4 Å². The van der Waals surface area contributed by atoms with E-state index in [4.69, 9.17) is 29.2 Å². The Balaban J connectivity index is 0.00000188. The topological polar surface area (TPSA) is 123 Å². The van der Waals surface area contributed by atoms with Crippen LogP contribution >= 0.6 is 0 Å². The van der Waals surface area contributed by atoms with Crippen LogP contribution in [0.4, 0.5) is 0 Å². The smallest absolute Gasteiger partial charge is 0.330 e. The third-order valence-corrected chi connectivity index (χ3v) is 8.87. The molecule has 3 N–H and O–H groups in total. The normalized spacial score (nSPS) is 16.9. The van der Waals surface area contributed by atoms with Crippen LogP contribution in [0.3, 0.4) is 0 Å². The fourth-order valence-corrected chi connectivity index (χ4v) is 6.08. The Bertz CT molecular complexity index is 1460. The zero-order chi connectivity index (χ0) is 39.3. The fourth-order valence-electron chi connectivity index (χ4n) is 6.08. The van der Waals surface area contributed by atoms with Crippen molar-refractivity contribution in [1.29, 1.82) is 0 Å². The first-order valence-corrected chi connectivity index (χ1v) is 18.7. The third kappa shape index (κ3) is 18.8. The minimum Gasteiger partial charge on any atom is -0.493 e. The number of unbranched alkanes of at least 4 members (excludes halogenated alkanes) is 2. The van der Waals surface area contributed by atoms with Crippen LogP contribution in [0.1, 0.15) is 101 Å². The lowest BCUT2D eigenvalue weighted by atomic mass is 9.77. The van der Waals surface area contributed by atoms with Crippen molar-refractivity contribution in [1.82, 2.24) is 0 Å². The number of carbonyl (C=O) groups excluding carboxylic acids is 2. The molecule has 2 aromatic carbocycles. The van der Waals surface area contributed by atoms with Gasteiger partial charge in [0, 0.05) is 43.8 Å². The van der Waals surface area contributed by atoms with Crippen LogP contribution in [-0.2, 0) is 14.3 Å². The summed E-state index contributed by atoms with van der Waals surface area (Å²) in [6.45, 7) is 14.1. The SMILES string of the molecule is C=CC(=O)OCCOc1cc(OCCC(=C)CO)cc(C2=CCC(C#Cc3ccc(C4CCC(CCCCC)CC4)cc3)C=C2)c1.C=O.CCO.CO. The second kappa shape index (κ2) is 29.1. The molecule has 53 heavy (non-hydrogen) atoms. The molecule has 1 atom stereocenters. The highest BCUT2D eigenvalue weighted by molar-refractivity contribution is 5.81. The number of hydrogen-bond acceptors (Lipinski definition) is 8. The maximum atomic E-state index is 11.3. The monoisotopic (exact) mass is 730 g/mol. The molecule has 1 fully saturated rings. The number of hydrogen-bond donors (Lipinski definition) is 3. The Hall–Kier alpha value is -4.42. The number of benzene rings is 2. The Labute approximate surface area is 318 Å². The summed E-state index contributed by atoms with van der Waals surface area (Å²) >= 11 is 0. The summed E-state index contributed by atoms with van der Waals surface area (Å²) < 4.78 is 16.9. The molecule has 8 heteroatoms. The lowest BCUT2D eigenvalue weighted by Gasteiger charge is -2.29. The lowest BCUT2D eigenvalue weighted by Crippen LogP contribution is -2.13. The highest BCUT2D eigenvalue weighted by Crippen LogP contribution is 2.38. The molecule has 2 aromatic rings. The van der Waals surface area contributed by atoms with Crippen molar-refractivity contribution in [3.8, 4) is 23.3 Å². The van der Waals surface area contributed by atoms with Crippen molar-refractivity contribution in [2.75, 3.05) is 40.1 Å². The van der Waals surface area contributed by atoms with E-state index in [-0.39, 0.29) is 32.3 Å². The number of aliphatic hydroxyl groups excluding tert-OH is 3. The second-order valence-corrected chi connectivity index (χ2v) is 12.7. The Morgan fingerprint density at radius 1 is 0.925 bits per heavy atom. The molecule has 0 spiro atoms. The van der Waals surface area contributed by atoms with Crippen molar-refractivity contribution in [3.63, 3.8) is 0 Å². The molecular formula is C45H62O8. The summed E-state index contributed by atoms with van der Waals surface area (Å²) in [7, 11) is 1.00. The quantitative estimate of drug-likeness (QED) is 0.0518. The lowest BCUT2D eigenvalue weighted by molar-refractivity contribution is -0.138. The number of ether oxygens (including phenoxy) is 3. The van der Waals surface area contributed by atoms with E-state index in [1.165, 1.54) is 56.9 Å². The first kappa shape index (κ1) is 46.6. The van der Waals surface area contributed by atoms with Gasteiger partial charge in [0.05, 0.1) is 13.2 Å². The zero-order valence-electron chi connectivity index (χ0n) is 32.2. The van der Waals surface area contributed by atoms with Gasteiger partial charge in [0.2, 0.25) is 0 Å². The van der Waals surface area contributed by atoms with Crippen molar-refractivity contribution >= 4 is 18.3 Å². The average molecular weight is 731 g/mol. The van der Waals surface area contributed by atoms with E-state index >= 15 is 0 Å². The van der Waals surface area contributed by atoms with Gasteiger partial charge in [-0.05, 0) is 97.4 Å². The molecule has 1 saturated carbocycles. The minimum absolute atomic E-state index is 0.0612. The molecule has 0 radical (unpaired) electrons. The molecule has 0 aliphatic heterocycles. The van der Waals surface area contributed by atoms with Crippen LogP contribution in [0.15, 0.2) is 85.5 Å². The van der Waals surface area contributed by atoms with Crippen molar-refractivity contribution < 1.29 is 39.1 Å². The minimum atomic E-state index is -0.483. The molecule has 0 bridgehead atoms. The molecule has 2 aliphatic rings. The molecule has 1 unspecified atom stereocenters. The van der Waals surface area contributed by atoms with Crippen molar-refractivity contribution in [2.24, 2.45) is 11.8 Å². The third-order valence-electron chi connectivity index (χ3n) is 8.87. The molecule has 2 aliphatic carbocycles. The summed E-state index contributed by atoms with van der Waals surface area (Å²) in [6, 6.07) is 14.7. The predicted octanol–water partition coefficient (Wildman–Crippen LogP) is 8.40. The van der Waals surface area contributed by atoms with Gasteiger partial charge < -0.3 is 34.3 Å². The Morgan fingerprint density at radius 3 is 2.13 bits per heavy atom. The molecule has 290 valence electrons. The van der Waals surface area contributed by atoms with Gasteiger partial charge in [-0.3, -0.25) is 0 Å². The zero-order valence-corrected chi connectivity index (χ0v) is 32.2. The predicted molar refractivity (Wildman–Crippen MR) is 215 cm³/mol. The molecule has 0 heterocycles. The number of aliphatic hydroxyl groups is 3. The maximum Gasteiger partial charge on any atom is 0.330 e. The summed E-state index contributed by atoms with van der Waals surface area (Å²) in [4.78, 5) is 19.3. The van der Waals surface area contributed by atoms with Crippen LogP contribution in [0.5, 0.6) is 11.5 Å². The first-order chi connectivity index (χ1) is 25.9. The number of carbonyl (C=O) groups is 2. The van der Waals surface area contributed by atoms with Gasteiger partial charge in [0.25, 0.3) is 0 Å². The highest BCUT2D eigenvalue weighted by Gasteiger charge is 2.22. The number of rotatable bonds is 16. The van der Waals surface area contributed by atoms with Gasteiger partial charge in [-0.15, -0.1) is 0 Å². The largest absolute Gasteiger partial charge is 0.493 e. The molecule has 4 rings (SSSR count). The van der Waals surface area contributed by atoms with Gasteiger partial charge in [-0.2, -0.15) is 0 Å². The average Bonchev–Trinajstić information content (AvgIpc) is 3.21. The number of allylic oxidation sites excluding steroid dienone is 4. The van der Waals surface area contributed by atoms with Crippen LogP contribution in [0, 0.1) is 23.7 Å². The molecular weight excluding hydrogens is 668 g/mol. The summed E-state index contributed by atoms with van der Waals surface area (Å²) in [5, 5.41) is 23.8. The van der Waals surface area contributed by atoms with E-state index in [1.54, 1.807) is 6.92 Å². The van der Waals surface area contributed by atoms with Crippen molar-refractivity contribution in [3.05, 3.63) is 102 Å². The van der Waals surface area contributed by atoms with Gasteiger partial charge >= 0.3 is 5.97 Å². The summed E-state index contributed by atoms with van der Waals surface area (Å²) in [5.41, 5.74) is 5.27. The fraction of sp³-hybridized carbons (Fsp3) is 0.467. The second-order valence-electron chi connectivity index (χ2n) is 12.7. The molecule has 0 amide bonds. The van der Waals surface area contributed by atoms with Crippen molar-refractivity contribution in [2.45, 2.75) is 84.0 Å². The molecule has 8 nitrogen and oxygen atoms in total. The first-order valence-electron chi connectivity index (χ1n) is 18.7. The Kier molecular flexibility index (Phi) is 25.6. The van der Waals surface area contributed by atoms with Crippen LogP contribution in [0.25, 0.3) is 5.57 Å². The molecule has 0 aromatic heterocycles. The van der Waals surface area contributed by atoms with Crippen LogP contribution in [-0.4, -0.2) is 68.2 Å². The van der Waals surface area contributed by atoms with Gasteiger partial charge in [0.15, 0.2) is 0 Å². The van der Waals surface area contributed by atoms with Gasteiger partial charge in [-0.25, -0.2) is 4.79 Å². The Morgan fingerprint density at radius 2 is 1.57 bits per heavy atom. The van der Waals surface area contributed by atoms with E-state index in [1.807, 2.05) is 25.0 Å². The van der Waals surface area contributed by atoms with Gasteiger partial charge in [-0.1, -0.05) is 88.0 Å². The van der Waals surface area contributed by atoms with E-state index in [0.29, 0.717) is 36.0 Å².